The molecule has 0 bridgehead atoms. The molecular formula is C28H47N5O9. The zero-order chi connectivity index (χ0) is 32.1. The van der Waals surface area contributed by atoms with Crippen LogP contribution in [0.4, 0.5) is 0 Å². The predicted molar refractivity (Wildman–Crippen MR) is 152 cm³/mol. The van der Waals surface area contributed by atoms with Crippen LogP contribution in [0.2, 0.25) is 0 Å². The second-order valence-corrected chi connectivity index (χ2v) is 11.6. The lowest BCUT2D eigenvalue weighted by atomic mass is 9.97. The maximum atomic E-state index is 13.4. The van der Waals surface area contributed by atoms with Crippen molar-refractivity contribution in [1.29, 1.82) is 0 Å². The van der Waals surface area contributed by atoms with E-state index in [-0.39, 0.29) is 24.2 Å². The van der Waals surface area contributed by atoms with Crippen LogP contribution in [0, 0.1) is 17.8 Å². The van der Waals surface area contributed by atoms with E-state index in [2.05, 4.69) is 21.3 Å². The van der Waals surface area contributed by atoms with Crippen LogP contribution in [-0.4, -0.2) is 93.8 Å². The average Bonchev–Trinajstić information content (AvgIpc) is 3.44. The van der Waals surface area contributed by atoms with Crippen molar-refractivity contribution >= 4 is 41.5 Å². The molecule has 14 heteroatoms. The Labute approximate surface area is 246 Å². The van der Waals surface area contributed by atoms with Crippen molar-refractivity contribution in [2.24, 2.45) is 17.8 Å². The fourth-order valence-corrected chi connectivity index (χ4v) is 4.38. The number of aliphatic carboxylic acids is 2. The van der Waals surface area contributed by atoms with Crippen molar-refractivity contribution in [3.8, 4) is 0 Å². The molecule has 1 aliphatic rings. The van der Waals surface area contributed by atoms with Gasteiger partial charge < -0.3 is 36.4 Å². The van der Waals surface area contributed by atoms with Crippen LogP contribution in [0.5, 0.6) is 0 Å². The monoisotopic (exact) mass is 597 g/mol. The molecule has 1 saturated heterocycles. The molecular weight excluding hydrogens is 550 g/mol. The predicted octanol–water partition coefficient (Wildman–Crippen LogP) is 0.246. The number of likely N-dealkylation sites (tertiary alicyclic amines) is 1. The summed E-state index contributed by atoms with van der Waals surface area (Å²) in [5.41, 5.74) is 0. The Morgan fingerprint density at radius 3 is 1.64 bits per heavy atom. The van der Waals surface area contributed by atoms with Gasteiger partial charge in [-0.25, -0.2) is 4.79 Å². The maximum absolute atomic E-state index is 13.4. The van der Waals surface area contributed by atoms with Gasteiger partial charge in [0, 0.05) is 19.0 Å². The van der Waals surface area contributed by atoms with Gasteiger partial charge in [0.1, 0.15) is 24.2 Å². The van der Waals surface area contributed by atoms with Crippen molar-refractivity contribution in [2.75, 3.05) is 13.1 Å². The Balaban J connectivity index is 3.26. The smallest absolute Gasteiger partial charge is 0.326 e. The fourth-order valence-electron chi connectivity index (χ4n) is 4.38. The molecule has 0 aromatic rings. The van der Waals surface area contributed by atoms with Crippen LogP contribution < -0.4 is 21.3 Å². The summed E-state index contributed by atoms with van der Waals surface area (Å²) in [5, 5.41) is 28.6. The topological polar surface area (TPSA) is 211 Å². The van der Waals surface area contributed by atoms with Crippen molar-refractivity contribution < 1.29 is 43.8 Å². The Kier molecular flexibility index (Phi) is 15.0. The minimum atomic E-state index is -1.68. The van der Waals surface area contributed by atoms with Gasteiger partial charge in [0.15, 0.2) is 0 Å². The molecule has 0 spiro atoms. The Hall–Kier alpha value is -3.71. The molecule has 42 heavy (non-hydrogen) atoms. The molecule has 0 radical (unpaired) electrons. The number of carboxylic acids is 2. The summed E-state index contributed by atoms with van der Waals surface area (Å²) in [6.45, 7) is 11.4. The lowest BCUT2D eigenvalue weighted by molar-refractivity contribution is -0.144. The molecule has 5 atom stereocenters. The second-order valence-electron chi connectivity index (χ2n) is 11.6. The maximum Gasteiger partial charge on any atom is 0.326 e. The highest BCUT2D eigenvalue weighted by Crippen LogP contribution is 2.13. The Morgan fingerprint density at radius 1 is 0.690 bits per heavy atom. The third kappa shape index (κ3) is 12.0. The standard InChI is InChI=1S/C28H47N5O9/c1-7-17(6)23(32-24(37)16(4)5)27(40)30-18(13-21(34)33-10-8-9-11-33)25(38)29-19(14-22(35)36)26(39)31-20(28(41)42)12-15(2)3/h15-20,23H,7-14H2,1-6H3,(H,29,38)(H,30,40)(H,31,39)(H,32,37)(H,35,36)(H,41,42). The van der Waals surface area contributed by atoms with Crippen molar-refractivity contribution in [3.63, 3.8) is 0 Å². The summed E-state index contributed by atoms with van der Waals surface area (Å²) in [4.78, 5) is 89.8. The van der Waals surface area contributed by atoms with Gasteiger partial charge in [-0.3, -0.25) is 28.8 Å². The van der Waals surface area contributed by atoms with Gasteiger partial charge in [0.25, 0.3) is 0 Å². The molecule has 14 nitrogen and oxygen atoms in total. The first kappa shape index (κ1) is 36.3. The molecule has 1 aliphatic heterocycles. The van der Waals surface area contributed by atoms with E-state index in [0.29, 0.717) is 19.5 Å². The van der Waals surface area contributed by atoms with Crippen LogP contribution in [0.3, 0.4) is 0 Å². The summed E-state index contributed by atoms with van der Waals surface area (Å²) in [7, 11) is 0. The van der Waals surface area contributed by atoms with Gasteiger partial charge >= 0.3 is 11.9 Å². The molecule has 0 aromatic carbocycles. The molecule has 0 aliphatic carbocycles. The first-order valence-electron chi connectivity index (χ1n) is 14.5. The quantitative estimate of drug-likeness (QED) is 0.135. The molecule has 6 N–H and O–H groups in total. The molecule has 5 unspecified atom stereocenters. The zero-order valence-corrected chi connectivity index (χ0v) is 25.4. The molecule has 0 saturated carbocycles. The number of amides is 5. The lowest BCUT2D eigenvalue weighted by Gasteiger charge is -2.28. The Morgan fingerprint density at radius 2 is 1.19 bits per heavy atom. The van der Waals surface area contributed by atoms with E-state index in [0.717, 1.165) is 12.8 Å². The van der Waals surface area contributed by atoms with Gasteiger partial charge in [-0.2, -0.15) is 0 Å². The second kappa shape index (κ2) is 17.3. The van der Waals surface area contributed by atoms with Gasteiger partial charge in [-0.1, -0.05) is 48.0 Å². The van der Waals surface area contributed by atoms with E-state index >= 15 is 0 Å². The van der Waals surface area contributed by atoms with Gasteiger partial charge in [0.2, 0.25) is 29.5 Å². The average molecular weight is 598 g/mol. The summed E-state index contributed by atoms with van der Waals surface area (Å²) < 4.78 is 0. The highest BCUT2D eigenvalue weighted by Gasteiger charge is 2.35. The highest BCUT2D eigenvalue weighted by atomic mass is 16.4. The molecule has 1 heterocycles. The molecule has 5 amide bonds. The van der Waals surface area contributed by atoms with E-state index < -0.39 is 78.5 Å². The summed E-state index contributed by atoms with van der Waals surface area (Å²) in [6.07, 6.45) is 0.823. The third-order valence-electron chi connectivity index (χ3n) is 7.12. The van der Waals surface area contributed by atoms with E-state index in [1.807, 2.05) is 6.92 Å². The number of carboxylic acid groups (broad SMARTS) is 2. The van der Waals surface area contributed by atoms with Crippen molar-refractivity contribution in [3.05, 3.63) is 0 Å². The van der Waals surface area contributed by atoms with Gasteiger partial charge in [-0.05, 0) is 31.1 Å². The lowest BCUT2D eigenvalue weighted by Crippen LogP contribution is -2.59. The number of nitrogens with one attached hydrogen (secondary N) is 4. The minimum absolute atomic E-state index is 0.0664. The number of hydrogen-bond donors (Lipinski definition) is 6. The first-order valence-corrected chi connectivity index (χ1v) is 14.5. The third-order valence-corrected chi connectivity index (χ3v) is 7.12. The van der Waals surface area contributed by atoms with Crippen molar-refractivity contribution in [1.82, 2.24) is 26.2 Å². The largest absolute Gasteiger partial charge is 0.481 e. The number of hydrogen-bond acceptors (Lipinski definition) is 7. The number of carbonyl (C=O) groups excluding carboxylic acids is 5. The highest BCUT2D eigenvalue weighted by molar-refractivity contribution is 5.98. The van der Waals surface area contributed by atoms with Gasteiger partial charge in [0.05, 0.1) is 12.8 Å². The van der Waals surface area contributed by atoms with Crippen molar-refractivity contribution in [2.45, 2.75) is 104 Å². The molecule has 1 fully saturated rings. The van der Waals surface area contributed by atoms with Crippen LogP contribution in [0.25, 0.3) is 0 Å². The fraction of sp³-hybridized carbons (Fsp3) is 0.750. The van der Waals surface area contributed by atoms with Crippen LogP contribution in [0.15, 0.2) is 0 Å². The minimum Gasteiger partial charge on any atom is -0.481 e. The summed E-state index contributed by atoms with van der Waals surface area (Å²) in [6, 6.07) is -5.52. The van der Waals surface area contributed by atoms with Crippen LogP contribution in [0.1, 0.15) is 80.1 Å². The molecule has 1 rings (SSSR count). The molecule has 0 aromatic heterocycles. The summed E-state index contributed by atoms with van der Waals surface area (Å²) >= 11 is 0. The molecule has 238 valence electrons. The first-order chi connectivity index (χ1) is 19.6. The van der Waals surface area contributed by atoms with E-state index in [9.17, 15) is 43.8 Å². The van der Waals surface area contributed by atoms with Gasteiger partial charge in [-0.15, -0.1) is 0 Å². The normalized spacial score (nSPS) is 16.6. The van der Waals surface area contributed by atoms with E-state index in [1.165, 1.54) is 0 Å². The zero-order valence-electron chi connectivity index (χ0n) is 25.4. The number of rotatable bonds is 17. The number of carbonyl (C=O) groups is 7. The van der Waals surface area contributed by atoms with E-state index in [4.69, 9.17) is 0 Å². The Bertz CT molecular complexity index is 994. The van der Waals surface area contributed by atoms with E-state index in [1.54, 1.807) is 39.5 Å². The van der Waals surface area contributed by atoms with Crippen LogP contribution >= 0.6 is 0 Å². The number of nitrogens with zero attached hydrogens (tertiary/aromatic N) is 1. The SMILES string of the molecule is CCC(C)C(NC(=O)C(C)C)C(=O)NC(CC(=O)N1CCCC1)C(=O)NC(CC(=O)O)C(=O)NC(CC(C)C)C(=O)O. The summed E-state index contributed by atoms with van der Waals surface area (Å²) in [5.74, 6) is -7.14. The van der Waals surface area contributed by atoms with Crippen LogP contribution in [-0.2, 0) is 33.6 Å².